The molecule has 0 aliphatic rings. The summed E-state index contributed by atoms with van der Waals surface area (Å²) in [5, 5.41) is 8.63. The molecule has 3 heterocycles. The Morgan fingerprint density at radius 3 is 2.56 bits per heavy atom. The van der Waals surface area contributed by atoms with E-state index in [9.17, 15) is 14.0 Å². The van der Waals surface area contributed by atoms with Crippen LogP contribution in [0.2, 0.25) is 0 Å². The second kappa shape index (κ2) is 12.8. The topological polar surface area (TPSA) is 104 Å². The summed E-state index contributed by atoms with van der Waals surface area (Å²) in [6, 6.07) is 29.5. The number of anilines is 1. The van der Waals surface area contributed by atoms with Crippen molar-refractivity contribution in [3.8, 4) is 23.0 Å². The summed E-state index contributed by atoms with van der Waals surface area (Å²) in [4.78, 5) is 30.8. The SMILES string of the molecule is Cc1cc(C=Nn2c(-c3cc4cc(Br)ccc4o3)nc3ccccc3c2=O)c(C)n1-c1ccc(OCC(=O)Nc2ccc(F)cc2)cc1. The first-order chi connectivity index (χ1) is 23.2. The van der Waals surface area contributed by atoms with E-state index >= 15 is 0 Å². The van der Waals surface area contributed by atoms with Gasteiger partial charge in [-0.25, -0.2) is 9.37 Å². The van der Waals surface area contributed by atoms with E-state index < -0.39 is 0 Å². The fraction of sp³-hybridized carbons (Fsp3) is 0.0811. The third-order valence-electron chi connectivity index (χ3n) is 7.83. The molecule has 0 bridgehead atoms. The highest BCUT2D eigenvalue weighted by Gasteiger charge is 2.17. The van der Waals surface area contributed by atoms with Crippen molar-refractivity contribution < 1.29 is 18.3 Å². The molecule has 1 N–H and O–H groups in total. The van der Waals surface area contributed by atoms with Gasteiger partial charge in [-0.15, -0.1) is 0 Å². The molecule has 0 aliphatic heterocycles. The number of halogens is 2. The minimum atomic E-state index is -0.378. The number of ether oxygens (including phenoxy) is 1. The van der Waals surface area contributed by atoms with E-state index in [1.807, 2.05) is 62.4 Å². The highest BCUT2D eigenvalue weighted by molar-refractivity contribution is 9.10. The lowest BCUT2D eigenvalue weighted by atomic mass is 10.2. The van der Waals surface area contributed by atoms with E-state index in [1.54, 1.807) is 36.5 Å². The summed E-state index contributed by atoms with van der Waals surface area (Å²) in [5.41, 5.74) is 4.93. The number of hydrogen-bond donors (Lipinski definition) is 1. The van der Waals surface area contributed by atoms with E-state index in [2.05, 4.69) is 30.9 Å². The Morgan fingerprint density at radius 1 is 1.00 bits per heavy atom. The average molecular weight is 705 g/mol. The quantitative estimate of drug-likeness (QED) is 0.162. The van der Waals surface area contributed by atoms with Crippen LogP contribution >= 0.6 is 15.9 Å². The van der Waals surface area contributed by atoms with E-state index in [-0.39, 0.29) is 29.7 Å². The minimum Gasteiger partial charge on any atom is -0.484 e. The molecule has 3 aromatic heterocycles. The molecule has 4 aromatic carbocycles. The lowest BCUT2D eigenvalue weighted by molar-refractivity contribution is -0.118. The lowest BCUT2D eigenvalue weighted by Gasteiger charge is -2.12. The third kappa shape index (κ3) is 6.15. The number of furan rings is 1. The molecule has 0 unspecified atom stereocenters. The smallest absolute Gasteiger partial charge is 0.282 e. The molecule has 48 heavy (non-hydrogen) atoms. The summed E-state index contributed by atoms with van der Waals surface area (Å²) < 4.78 is 29.1. The molecular weight excluding hydrogens is 677 g/mol. The summed E-state index contributed by atoms with van der Waals surface area (Å²) >= 11 is 3.50. The van der Waals surface area contributed by atoms with Gasteiger partial charge in [-0.2, -0.15) is 9.78 Å². The molecule has 0 spiro atoms. The van der Waals surface area contributed by atoms with Crippen molar-refractivity contribution in [2.24, 2.45) is 5.10 Å². The van der Waals surface area contributed by atoms with Crippen LogP contribution in [0.5, 0.6) is 5.75 Å². The van der Waals surface area contributed by atoms with Crippen molar-refractivity contribution in [3.05, 3.63) is 141 Å². The third-order valence-corrected chi connectivity index (χ3v) is 8.32. The van der Waals surface area contributed by atoms with E-state index in [1.165, 1.54) is 28.9 Å². The van der Waals surface area contributed by atoms with Crippen LogP contribution in [0.3, 0.4) is 0 Å². The average Bonchev–Trinajstić information content (AvgIpc) is 3.63. The molecule has 0 fully saturated rings. The molecule has 7 aromatic rings. The van der Waals surface area contributed by atoms with Crippen molar-refractivity contribution in [2.45, 2.75) is 13.8 Å². The summed E-state index contributed by atoms with van der Waals surface area (Å²) in [5.74, 6) is 0.494. The van der Waals surface area contributed by atoms with Gasteiger partial charge in [-0.1, -0.05) is 28.1 Å². The Labute approximate surface area is 282 Å². The number of amides is 1. The predicted molar refractivity (Wildman–Crippen MR) is 188 cm³/mol. The monoisotopic (exact) mass is 703 g/mol. The van der Waals surface area contributed by atoms with Crippen LogP contribution in [0.4, 0.5) is 10.1 Å². The number of aryl methyl sites for hydroxylation is 1. The number of hydrogen-bond acceptors (Lipinski definition) is 6. The fourth-order valence-corrected chi connectivity index (χ4v) is 5.90. The molecule has 0 saturated carbocycles. The molecule has 1 amide bonds. The molecule has 9 nitrogen and oxygen atoms in total. The van der Waals surface area contributed by atoms with E-state index in [0.29, 0.717) is 33.7 Å². The Balaban J connectivity index is 1.15. The van der Waals surface area contributed by atoms with Gasteiger partial charge < -0.3 is 19.0 Å². The first kappa shape index (κ1) is 30.8. The first-order valence-electron chi connectivity index (χ1n) is 15.0. The number of carbonyl (C=O) groups excluding carboxylic acids is 1. The Bertz CT molecular complexity index is 2410. The number of carbonyl (C=O) groups is 1. The molecular formula is C37H27BrFN5O4. The Hall–Kier alpha value is -5.81. The lowest BCUT2D eigenvalue weighted by Crippen LogP contribution is -2.20. The highest BCUT2D eigenvalue weighted by Crippen LogP contribution is 2.29. The van der Waals surface area contributed by atoms with Crippen LogP contribution in [0.15, 0.2) is 122 Å². The first-order valence-corrected chi connectivity index (χ1v) is 15.8. The van der Waals surface area contributed by atoms with Crippen molar-refractivity contribution >= 4 is 55.6 Å². The number of aromatic nitrogens is 3. The maximum atomic E-state index is 13.7. The van der Waals surface area contributed by atoms with Gasteiger partial charge in [-0.05, 0) is 105 Å². The summed E-state index contributed by atoms with van der Waals surface area (Å²) in [6.45, 7) is 3.75. The summed E-state index contributed by atoms with van der Waals surface area (Å²) in [7, 11) is 0. The zero-order chi connectivity index (χ0) is 33.4. The number of fused-ring (bicyclic) bond motifs is 2. The zero-order valence-electron chi connectivity index (χ0n) is 25.8. The Morgan fingerprint density at radius 2 is 1.77 bits per heavy atom. The highest BCUT2D eigenvalue weighted by atomic mass is 79.9. The van der Waals surface area contributed by atoms with Crippen LogP contribution in [-0.2, 0) is 4.79 Å². The molecule has 11 heteroatoms. The largest absolute Gasteiger partial charge is 0.484 e. The molecule has 0 radical (unpaired) electrons. The van der Waals surface area contributed by atoms with Crippen LogP contribution in [0, 0.1) is 19.7 Å². The van der Waals surface area contributed by atoms with Gasteiger partial charge >= 0.3 is 0 Å². The number of nitrogens with zero attached hydrogens (tertiary/aromatic N) is 4. The van der Waals surface area contributed by atoms with E-state index in [0.717, 1.165) is 32.5 Å². The molecule has 0 atom stereocenters. The minimum absolute atomic E-state index is 0.199. The van der Waals surface area contributed by atoms with Crippen LogP contribution < -0.4 is 15.6 Å². The van der Waals surface area contributed by atoms with Crippen molar-refractivity contribution in [3.63, 3.8) is 0 Å². The number of para-hydroxylation sites is 1. The second-order valence-electron chi connectivity index (χ2n) is 11.1. The zero-order valence-corrected chi connectivity index (χ0v) is 27.4. The maximum Gasteiger partial charge on any atom is 0.282 e. The molecule has 0 saturated heterocycles. The summed E-state index contributed by atoms with van der Waals surface area (Å²) in [6.07, 6.45) is 1.65. The van der Waals surface area contributed by atoms with Crippen LogP contribution in [0.25, 0.3) is 39.1 Å². The van der Waals surface area contributed by atoms with Crippen molar-refractivity contribution in [1.82, 2.24) is 14.2 Å². The Kier molecular flexibility index (Phi) is 8.20. The standard InChI is InChI=1S/C37H27BrFN5O4/c1-22-17-25(23(2)43(22)29-12-14-30(15-13-29)47-21-35(45)41-28-10-8-27(39)9-11-28)20-40-44-36(42-32-6-4-3-5-31(32)37(44)46)34-19-24-18-26(38)7-16-33(24)48-34/h3-20H,21H2,1-2H3,(H,41,45). The van der Waals surface area contributed by atoms with Gasteiger partial charge in [0.1, 0.15) is 17.1 Å². The van der Waals surface area contributed by atoms with Crippen molar-refractivity contribution in [1.29, 1.82) is 0 Å². The van der Waals surface area contributed by atoms with Gasteiger partial charge in [0.15, 0.2) is 12.4 Å². The number of rotatable bonds is 8. The van der Waals surface area contributed by atoms with Gasteiger partial charge in [0.25, 0.3) is 11.5 Å². The molecule has 0 aliphatic carbocycles. The van der Waals surface area contributed by atoms with Gasteiger partial charge in [0.05, 0.1) is 17.1 Å². The normalized spacial score (nSPS) is 11.5. The van der Waals surface area contributed by atoms with Crippen molar-refractivity contribution in [2.75, 3.05) is 11.9 Å². The van der Waals surface area contributed by atoms with Gasteiger partial charge in [0.2, 0.25) is 5.82 Å². The second-order valence-corrected chi connectivity index (χ2v) is 12.0. The van der Waals surface area contributed by atoms with Gasteiger partial charge in [0, 0.05) is 38.2 Å². The fourth-order valence-electron chi connectivity index (χ4n) is 5.52. The molecule has 7 rings (SSSR count). The van der Waals surface area contributed by atoms with E-state index in [4.69, 9.17) is 14.1 Å². The number of nitrogens with one attached hydrogen (secondary N) is 1. The van der Waals surface area contributed by atoms with Crippen LogP contribution in [0.1, 0.15) is 17.0 Å². The number of benzene rings is 4. The van der Waals surface area contributed by atoms with Crippen LogP contribution in [-0.4, -0.2) is 33.0 Å². The van der Waals surface area contributed by atoms with Gasteiger partial charge in [-0.3, -0.25) is 9.59 Å². The maximum absolute atomic E-state index is 13.7. The predicted octanol–water partition coefficient (Wildman–Crippen LogP) is 8.02. The molecule has 238 valence electrons.